The molecule has 2 heterocycles. The molecule has 1 saturated carbocycles. The van der Waals surface area contributed by atoms with Crippen molar-refractivity contribution in [2.24, 2.45) is 5.41 Å². The highest BCUT2D eigenvalue weighted by molar-refractivity contribution is 8.01. The summed E-state index contributed by atoms with van der Waals surface area (Å²) in [6.45, 7) is 7.34. The Morgan fingerprint density at radius 1 is 1.09 bits per heavy atom. The summed E-state index contributed by atoms with van der Waals surface area (Å²) >= 11 is 2.24. The third kappa shape index (κ3) is 1.12. The van der Waals surface area contributed by atoms with Crippen LogP contribution in [0.2, 0.25) is 0 Å². The lowest BCUT2D eigenvalue weighted by Crippen LogP contribution is -2.46. The summed E-state index contributed by atoms with van der Waals surface area (Å²) in [4.78, 5) is 0. The summed E-state index contributed by atoms with van der Waals surface area (Å²) in [5.41, 5.74) is 0.683. The Hall–Kier alpha value is 0.350. The zero-order valence-electron chi connectivity index (χ0n) is 7.81. The highest BCUT2D eigenvalue weighted by atomic mass is 32.2. The first-order valence-corrected chi connectivity index (χ1v) is 5.60. The van der Waals surface area contributed by atoms with Crippen LogP contribution in [0.4, 0.5) is 0 Å². The molecule has 1 heteroatoms. The van der Waals surface area contributed by atoms with E-state index in [2.05, 4.69) is 32.5 Å². The van der Waals surface area contributed by atoms with Gasteiger partial charge in [-0.2, -0.15) is 11.8 Å². The molecule has 0 unspecified atom stereocenters. The molecule has 0 aromatic rings. The molecular weight excluding hydrogens is 152 g/mol. The number of fused-ring (bicyclic) bond motifs is 3. The van der Waals surface area contributed by atoms with Gasteiger partial charge >= 0.3 is 0 Å². The molecule has 3 fully saturated rings. The predicted molar refractivity (Wildman–Crippen MR) is 52.0 cm³/mol. The second-order valence-electron chi connectivity index (χ2n) is 4.86. The third-order valence-electron chi connectivity index (χ3n) is 3.89. The fraction of sp³-hybridized carbons (Fsp3) is 1.00. The van der Waals surface area contributed by atoms with Crippen LogP contribution in [0.25, 0.3) is 0 Å². The Balaban J connectivity index is 2.22. The SMILES string of the molecule is C[C@H]1SC2(C)CCC1(C)CC2. The van der Waals surface area contributed by atoms with Crippen molar-refractivity contribution in [1.82, 2.24) is 0 Å². The Morgan fingerprint density at radius 3 is 2.00 bits per heavy atom. The van der Waals surface area contributed by atoms with E-state index >= 15 is 0 Å². The molecule has 2 aliphatic heterocycles. The number of thioether (sulfide) groups is 1. The molecular formula is C10H18S. The van der Waals surface area contributed by atoms with Gasteiger partial charge in [-0.1, -0.05) is 20.8 Å². The maximum Gasteiger partial charge on any atom is 0.0135 e. The van der Waals surface area contributed by atoms with E-state index in [1.807, 2.05) is 0 Å². The lowest BCUT2D eigenvalue weighted by Gasteiger charge is -2.54. The van der Waals surface area contributed by atoms with Gasteiger partial charge in [0, 0.05) is 10.00 Å². The van der Waals surface area contributed by atoms with Gasteiger partial charge in [0.1, 0.15) is 0 Å². The van der Waals surface area contributed by atoms with Gasteiger partial charge in [-0.3, -0.25) is 0 Å². The third-order valence-corrected chi connectivity index (χ3v) is 5.79. The normalized spacial score (nSPS) is 56.5. The van der Waals surface area contributed by atoms with Crippen LogP contribution < -0.4 is 0 Å². The summed E-state index contributed by atoms with van der Waals surface area (Å²) in [6.07, 6.45) is 5.85. The van der Waals surface area contributed by atoms with Crippen LogP contribution in [-0.4, -0.2) is 10.00 Å². The van der Waals surface area contributed by atoms with E-state index < -0.39 is 0 Å². The fourth-order valence-corrected chi connectivity index (χ4v) is 4.26. The molecule has 11 heavy (non-hydrogen) atoms. The Labute approximate surface area is 74.1 Å². The van der Waals surface area contributed by atoms with Crippen molar-refractivity contribution < 1.29 is 0 Å². The number of rotatable bonds is 0. The van der Waals surface area contributed by atoms with E-state index in [9.17, 15) is 0 Å². The van der Waals surface area contributed by atoms with Gasteiger partial charge in [0.2, 0.25) is 0 Å². The molecule has 0 amide bonds. The molecule has 0 radical (unpaired) electrons. The Bertz CT molecular complexity index is 166. The molecule has 3 rings (SSSR count). The van der Waals surface area contributed by atoms with Gasteiger partial charge in [0.15, 0.2) is 0 Å². The van der Waals surface area contributed by atoms with Crippen LogP contribution in [0.15, 0.2) is 0 Å². The van der Waals surface area contributed by atoms with Crippen molar-refractivity contribution in [3.8, 4) is 0 Å². The minimum Gasteiger partial charge on any atom is -0.152 e. The van der Waals surface area contributed by atoms with E-state index in [1.54, 1.807) is 0 Å². The van der Waals surface area contributed by atoms with Crippen LogP contribution in [0.5, 0.6) is 0 Å². The average Bonchev–Trinajstić information content (AvgIpc) is 1.94. The first-order chi connectivity index (χ1) is 5.04. The molecule has 1 atom stereocenters. The first-order valence-electron chi connectivity index (χ1n) is 4.72. The smallest absolute Gasteiger partial charge is 0.0135 e. The zero-order chi connectivity index (χ0) is 8.11. The van der Waals surface area contributed by atoms with Crippen LogP contribution in [-0.2, 0) is 0 Å². The van der Waals surface area contributed by atoms with Gasteiger partial charge in [-0.25, -0.2) is 0 Å². The van der Waals surface area contributed by atoms with Gasteiger partial charge in [0.05, 0.1) is 0 Å². The van der Waals surface area contributed by atoms with E-state index in [0.717, 1.165) is 5.25 Å². The molecule has 2 saturated heterocycles. The van der Waals surface area contributed by atoms with Crippen molar-refractivity contribution >= 4 is 11.8 Å². The summed E-state index contributed by atoms with van der Waals surface area (Å²) in [5, 5.41) is 0.898. The maximum absolute atomic E-state index is 2.48. The minimum atomic E-state index is 0.650. The molecule has 0 N–H and O–H groups in total. The van der Waals surface area contributed by atoms with E-state index in [4.69, 9.17) is 0 Å². The molecule has 1 aliphatic carbocycles. The second-order valence-corrected chi connectivity index (χ2v) is 6.79. The first kappa shape index (κ1) is 7.97. The van der Waals surface area contributed by atoms with Gasteiger partial charge < -0.3 is 0 Å². The summed E-state index contributed by atoms with van der Waals surface area (Å²) in [5.74, 6) is 0. The monoisotopic (exact) mass is 170 g/mol. The largest absolute Gasteiger partial charge is 0.152 e. The lowest BCUT2D eigenvalue weighted by molar-refractivity contribution is 0.171. The molecule has 2 bridgehead atoms. The van der Waals surface area contributed by atoms with Crippen molar-refractivity contribution in [2.45, 2.75) is 56.5 Å². The topological polar surface area (TPSA) is 0 Å². The van der Waals surface area contributed by atoms with Crippen molar-refractivity contribution in [2.75, 3.05) is 0 Å². The van der Waals surface area contributed by atoms with Crippen LogP contribution >= 0.6 is 11.8 Å². The van der Waals surface area contributed by atoms with Crippen LogP contribution in [0, 0.1) is 5.41 Å². The maximum atomic E-state index is 2.48. The minimum absolute atomic E-state index is 0.650. The summed E-state index contributed by atoms with van der Waals surface area (Å²) in [7, 11) is 0. The molecule has 0 nitrogen and oxygen atoms in total. The Kier molecular flexibility index (Phi) is 1.58. The molecule has 0 aromatic carbocycles. The average molecular weight is 170 g/mol. The van der Waals surface area contributed by atoms with E-state index in [0.29, 0.717) is 10.2 Å². The second kappa shape index (κ2) is 2.18. The summed E-state index contributed by atoms with van der Waals surface area (Å²) in [6, 6.07) is 0. The number of hydrogen-bond acceptors (Lipinski definition) is 1. The van der Waals surface area contributed by atoms with E-state index in [-0.39, 0.29) is 0 Å². The highest BCUT2D eigenvalue weighted by Gasteiger charge is 2.48. The van der Waals surface area contributed by atoms with Crippen molar-refractivity contribution in [1.29, 1.82) is 0 Å². The standard InChI is InChI=1S/C10H18S/c1-8-9(2)4-6-10(3,11-8)7-5-9/h8H,4-7H2,1-3H3/t8-,9?,10?/m1/s1. The molecule has 64 valence electrons. The van der Waals surface area contributed by atoms with Crippen LogP contribution in [0.1, 0.15) is 46.5 Å². The van der Waals surface area contributed by atoms with Crippen molar-refractivity contribution in [3.05, 3.63) is 0 Å². The predicted octanol–water partition coefficient (Wildman–Crippen LogP) is 3.46. The lowest BCUT2D eigenvalue weighted by atomic mass is 9.69. The van der Waals surface area contributed by atoms with Gasteiger partial charge in [-0.15, -0.1) is 0 Å². The highest BCUT2D eigenvalue weighted by Crippen LogP contribution is 2.59. The fourth-order valence-electron chi connectivity index (χ4n) is 2.44. The molecule has 3 aliphatic rings. The van der Waals surface area contributed by atoms with Crippen LogP contribution in [0.3, 0.4) is 0 Å². The molecule has 0 aromatic heterocycles. The Morgan fingerprint density at radius 2 is 1.64 bits per heavy atom. The quantitative estimate of drug-likeness (QED) is 0.536. The summed E-state index contributed by atoms with van der Waals surface area (Å²) < 4.78 is 0.650. The van der Waals surface area contributed by atoms with Crippen molar-refractivity contribution in [3.63, 3.8) is 0 Å². The van der Waals surface area contributed by atoms with Gasteiger partial charge in [0.25, 0.3) is 0 Å². The van der Waals surface area contributed by atoms with E-state index in [1.165, 1.54) is 25.7 Å². The van der Waals surface area contributed by atoms with Gasteiger partial charge in [-0.05, 0) is 31.1 Å². The number of hydrogen-bond donors (Lipinski definition) is 0. The molecule has 0 spiro atoms. The zero-order valence-corrected chi connectivity index (χ0v) is 8.63.